The van der Waals surface area contributed by atoms with E-state index in [1.807, 2.05) is 84.6 Å². The number of hydrogen-bond acceptors (Lipinski definition) is 4. The van der Waals surface area contributed by atoms with E-state index in [-0.39, 0.29) is 6.03 Å². The van der Waals surface area contributed by atoms with Crippen LogP contribution in [0.5, 0.6) is 5.75 Å². The summed E-state index contributed by atoms with van der Waals surface area (Å²) in [6, 6.07) is 23.1. The normalized spacial score (nSPS) is 11.6. The van der Waals surface area contributed by atoms with Crippen molar-refractivity contribution in [2.75, 3.05) is 23.4 Å². The number of hydrogen-bond donors (Lipinski definition) is 2. The first-order chi connectivity index (χ1) is 19.9. The van der Waals surface area contributed by atoms with Gasteiger partial charge in [-0.05, 0) is 79.4 Å². The van der Waals surface area contributed by atoms with Crippen LogP contribution in [0.3, 0.4) is 0 Å². The second-order valence-corrected chi connectivity index (χ2v) is 11.3. The standard InChI is InChI=1S/C34H44N2O4S/c1-4-7-9-10-11-23-36(34(39)35-27-17-19-29(20-18-27)40-24-8-5-2)28-13-12-14-31(25-28)41-30-21-15-26(16-22-30)32(6-3)33(37)38/h12-22,25,32H,4-11,23-24H2,1-3H3,(H,35,39)(H,37,38). The highest BCUT2D eigenvalue weighted by molar-refractivity contribution is 7.99. The Hall–Kier alpha value is -3.45. The van der Waals surface area contributed by atoms with Crippen LogP contribution in [0.25, 0.3) is 0 Å². The van der Waals surface area contributed by atoms with E-state index in [1.165, 1.54) is 12.8 Å². The number of anilines is 2. The highest BCUT2D eigenvalue weighted by Crippen LogP contribution is 2.32. The second-order valence-electron chi connectivity index (χ2n) is 10.2. The Balaban J connectivity index is 1.73. The monoisotopic (exact) mass is 576 g/mol. The number of ether oxygens (including phenoxy) is 1. The fourth-order valence-electron chi connectivity index (χ4n) is 4.55. The zero-order chi connectivity index (χ0) is 29.5. The van der Waals surface area contributed by atoms with Crippen LogP contribution >= 0.6 is 11.8 Å². The molecule has 0 aliphatic heterocycles. The van der Waals surface area contributed by atoms with Gasteiger partial charge in [-0.3, -0.25) is 9.69 Å². The second kappa shape index (κ2) is 17.4. The number of benzene rings is 3. The highest BCUT2D eigenvalue weighted by atomic mass is 32.2. The van der Waals surface area contributed by atoms with Gasteiger partial charge in [-0.25, -0.2) is 4.79 Å². The van der Waals surface area contributed by atoms with E-state index >= 15 is 0 Å². The lowest BCUT2D eigenvalue weighted by Crippen LogP contribution is -2.35. The first-order valence-electron chi connectivity index (χ1n) is 14.9. The highest BCUT2D eigenvalue weighted by Gasteiger charge is 2.18. The smallest absolute Gasteiger partial charge is 0.326 e. The van der Waals surface area contributed by atoms with Crippen LogP contribution in [-0.4, -0.2) is 30.3 Å². The van der Waals surface area contributed by atoms with Gasteiger partial charge in [0.25, 0.3) is 0 Å². The average Bonchev–Trinajstić information content (AvgIpc) is 2.97. The van der Waals surface area contributed by atoms with Crippen molar-refractivity contribution in [2.24, 2.45) is 0 Å². The summed E-state index contributed by atoms with van der Waals surface area (Å²) >= 11 is 1.60. The van der Waals surface area contributed by atoms with Crippen molar-refractivity contribution in [3.05, 3.63) is 78.4 Å². The molecule has 1 unspecified atom stereocenters. The molecule has 41 heavy (non-hydrogen) atoms. The summed E-state index contributed by atoms with van der Waals surface area (Å²) in [5.74, 6) is -0.494. The van der Waals surface area contributed by atoms with Crippen LogP contribution in [0.2, 0.25) is 0 Å². The number of urea groups is 1. The molecule has 0 saturated heterocycles. The minimum atomic E-state index is -0.801. The number of amides is 2. The fraction of sp³-hybridized carbons (Fsp3) is 0.412. The Morgan fingerprint density at radius 1 is 0.854 bits per heavy atom. The Bertz CT molecular complexity index is 1210. The quantitative estimate of drug-likeness (QED) is 0.156. The number of nitrogens with zero attached hydrogens (tertiary/aromatic N) is 1. The third-order valence-electron chi connectivity index (χ3n) is 6.96. The van der Waals surface area contributed by atoms with Crippen molar-refractivity contribution >= 4 is 35.1 Å². The van der Waals surface area contributed by atoms with Gasteiger partial charge in [0, 0.05) is 27.7 Å². The summed E-state index contributed by atoms with van der Waals surface area (Å²) in [5.41, 5.74) is 2.38. The molecule has 2 amide bonds. The summed E-state index contributed by atoms with van der Waals surface area (Å²) in [6.45, 7) is 7.54. The summed E-state index contributed by atoms with van der Waals surface area (Å²) < 4.78 is 5.75. The van der Waals surface area contributed by atoms with Crippen LogP contribution < -0.4 is 15.0 Å². The Kier molecular flexibility index (Phi) is 13.6. The van der Waals surface area contributed by atoms with Crippen LogP contribution in [0.4, 0.5) is 16.2 Å². The molecule has 0 fully saturated rings. The van der Waals surface area contributed by atoms with Gasteiger partial charge < -0.3 is 15.2 Å². The SMILES string of the molecule is CCCCCCCN(C(=O)Nc1ccc(OCCCC)cc1)c1cccc(Sc2ccc(C(CC)C(=O)O)cc2)c1. The molecule has 0 heterocycles. The predicted molar refractivity (Wildman–Crippen MR) is 170 cm³/mol. The maximum absolute atomic E-state index is 13.5. The Labute approximate surface area is 249 Å². The lowest BCUT2D eigenvalue weighted by Gasteiger charge is -2.24. The fourth-order valence-corrected chi connectivity index (χ4v) is 5.42. The molecule has 2 N–H and O–H groups in total. The summed E-state index contributed by atoms with van der Waals surface area (Å²) in [7, 11) is 0. The molecule has 1 atom stereocenters. The molecule has 0 aliphatic carbocycles. The van der Waals surface area contributed by atoms with Gasteiger partial charge in [0.05, 0.1) is 12.5 Å². The Morgan fingerprint density at radius 3 is 2.22 bits per heavy atom. The van der Waals surface area contributed by atoms with Crippen molar-refractivity contribution in [1.82, 2.24) is 0 Å². The molecule has 6 nitrogen and oxygen atoms in total. The third kappa shape index (κ3) is 10.5. The molecule has 3 rings (SSSR count). The molecular formula is C34H44N2O4S. The third-order valence-corrected chi connectivity index (χ3v) is 7.95. The minimum Gasteiger partial charge on any atom is -0.494 e. The van der Waals surface area contributed by atoms with E-state index in [9.17, 15) is 14.7 Å². The molecule has 3 aromatic carbocycles. The number of carbonyl (C=O) groups excluding carboxylic acids is 1. The lowest BCUT2D eigenvalue weighted by atomic mass is 9.97. The van der Waals surface area contributed by atoms with Crippen LogP contribution in [0.1, 0.15) is 83.6 Å². The van der Waals surface area contributed by atoms with Crippen molar-refractivity contribution in [2.45, 2.75) is 87.8 Å². The van der Waals surface area contributed by atoms with E-state index in [2.05, 4.69) is 19.2 Å². The maximum atomic E-state index is 13.5. The van der Waals surface area contributed by atoms with Crippen LogP contribution in [0, 0.1) is 0 Å². The molecule has 0 spiro atoms. The molecule has 0 bridgehead atoms. The number of nitrogens with one attached hydrogen (secondary N) is 1. The number of carboxylic acid groups (broad SMARTS) is 1. The van der Waals surface area contributed by atoms with E-state index in [1.54, 1.807) is 11.8 Å². The summed E-state index contributed by atoms with van der Waals surface area (Å²) in [4.78, 5) is 28.9. The van der Waals surface area contributed by atoms with Crippen LogP contribution in [-0.2, 0) is 4.79 Å². The van der Waals surface area contributed by atoms with Crippen LogP contribution in [0.15, 0.2) is 82.6 Å². The largest absolute Gasteiger partial charge is 0.494 e. The first-order valence-corrected chi connectivity index (χ1v) is 15.7. The van der Waals surface area contributed by atoms with Gasteiger partial charge in [-0.2, -0.15) is 0 Å². The zero-order valence-electron chi connectivity index (χ0n) is 24.6. The van der Waals surface area contributed by atoms with Gasteiger partial charge in [0.1, 0.15) is 5.75 Å². The molecule has 3 aromatic rings. The van der Waals surface area contributed by atoms with Gasteiger partial charge >= 0.3 is 12.0 Å². The molecule has 0 aromatic heterocycles. The van der Waals surface area contributed by atoms with Crippen molar-refractivity contribution in [3.8, 4) is 5.75 Å². The number of carbonyl (C=O) groups is 2. The van der Waals surface area contributed by atoms with Crippen molar-refractivity contribution in [3.63, 3.8) is 0 Å². The van der Waals surface area contributed by atoms with Gasteiger partial charge in [0.2, 0.25) is 0 Å². The van der Waals surface area contributed by atoms with Gasteiger partial charge in [-0.15, -0.1) is 0 Å². The summed E-state index contributed by atoms with van der Waals surface area (Å²) in [5, 5.41) is 12.5. The van der Waals surface area contributed by atoms with Gasteiger partial charge in [0.15, 0.2) is 0 Å². The Morgan fingerprint density at radius 2 is 1.56 bits per heavy atom. The number of aliphatic carboxylic acids is 1. The number of rotatable bonds is 17. The maximum Gasteiger partial charge on any atom is 0.326 e. The zero-order valence-corrected chi connectivity index (χ0v) is 25.4. The molecule has 220 valence electrons. The number of carboxylic acids is 1. The molecule has 0 saturated carbocycles. The molecule has 0 radical (unpaired) electrons. The van der Waals surface area contributed by atoms with Crippen molar-refractivity contribution < 1.29 is 19.4 Å². The van der Waals surface area contributed by atoms with E-state index in [0.717, 1.165) is 64.6 Å². The first kappa shape index (κ1) is 32.1. The minimum absolute atomic E-state index is 0.161. The van der Waals surface area contributed by atoms with E-state index in [0.29, 0.717) is 19.6 Å². The molecule has 0 aliphatic rings. The number of unbranched alkanes of at least 4 members (excludes halogenated alkanes) is 5. The topological polar surface area (TPSA) is 78.9 Å². The predicted octanol–water partition coefficient (Wildman–Crippen LogP) is 9.60. The van der Waals surface area contributed by atoms with Crippen molar-refractivity contribution in [1.29, 1.82) is 0 Å². The van der Waals surface area contributed by atoms with E-state index < -0.39 is 11.9 Å². The van der Waals surface area contributed by atoms with E-state index in [4.69, 9.17) is 4.74 Å². The average molecular weight is 577 g/mol. The summed E-state index contributed by atoms with van der Waals surface area (Å²) in [6.07, 6.45) is 8.21. The molecule has 7 heteroatoms. The lowest BCUT2D eigenvalue weighted by molar-refractivity contribution is -0.138. The molecular weight excluding hydrogens is 532 g/mol. The van der Waals surface area contributed by atoms with Gasteiger partial charge in [-0.1, -0.05) is 82.8 Å².